The van der Waals surface area contributed by atoms with Crippen molar-refractivity contribution in [2.45, 2.75) is 70.6 Å². The number of hydrogen-bond donors (Lipinski definition) is 7. The van der Waals surface area contributed by atoms with Gasteiger partial charge in [0.2, 0.25) is 17.7 Å². The minimum Gasteiger partial charge on any atom is -0.481 e. The fraction of sp³-hybridized carbons (Fsp3) is 0.480. The van der Waals surface area contributed by atoms with E-state index in [4.69, 9.17) is 10.8 Å². The monoisotopic (exact) mass is 517 g/mol. The highest BCUT2D eigenvalue weighted by Gasteiger charge is 2.31. The summed E-state index contributed by atoms with van der Waals surface area (Å²) in [4.78, 5) is 63.9. The molecule has 0 aliphatic heterocycles. The molecule has 8 N–H and O–H groups in total. The van der Waals surface area contributed by atoms with E-state index >= 15 is 0 Å². The van der Waals surface area contributed by atoms with Crippen LogP contribution in [0.15, 0.2) is 30.5 Å². The van der Waals surface area contributed by atoms with Crippen molar-refractivity contribution in [3.8, 4) is 0 Å². The van der Waals surface area contributed by atoms with Crippen molar-refractivity contribution in [3.05, 3.63) is 36.0 Å². The zero-order chi connectivity index (χ0) is 27.7. The number of aliphatic carboxylic acids is 2. The molecule has 0 spiro atoms. The van der Waals surface area contributed by atoms with Gasteiger partial charge in [-0.3, -0.25) is 19.2 Å². The highest BCUT2D eigenvalue weighted by Crippen LogP contribution is 2.18. The summed E-state index contributed by atoms with van der Waals surface area (Å²) in [6.45, 7) is 4.82. The van der Waals surface area contributed by atoms with E-state index in [0.717, 1.165) is 16.5 Å². The van der Waals surface area contributed by atoms with Gasteiger partial charge in [-0.05, 0) is 37.3 Å². The lowest BCUT2D eigenvalue weighted by Crippen LogP contribution is -2.57. The third-order valence-corrected chi connectivity index (χ3v) is 6.26. The topological polar surface area (TPSA) is 204 Å². The molecular weight excluding hydrogens is 482 g/mol. The second-order valence-electron chi connectivity index (χ2n) is 9.10. The number of rotatable bonds is 14. The maximum Gasteiger partial charge on any atom is 0.326 e. The van der Waals surface area contributed by atoms with Crippen LogP contribution < -0.4 is 21.7 Å². The predicted octanol–water partition coefficient (Wildman–Crippen LogP) is 0.508. The third-order valence-electron chi connectivity index (χ3n) is 6.26. The van der Waals surface area contributed by atoms with Gasteiger partial charge in [-0.2, -0.15) is 0 Å². The minimum absolute atomic E-state index is 0.222. The van der Waals surface area contributed by atoms with E-state index in [2.05, 4.69) is 20.9 Å². The van der Waals surface area contributed by atoms with Crippen LogP contribution in [-0.2, 0) is 30.4 Å². The van der Waals surface area contributed by atoms with Crippen molar-refractivity contribution in [2.24, 2.45) is 11.7 Å². The molecule has 2 rings (SSSR count). The fourth-order valence-electron chi connectivity index (χ4n) is 3.79. The number of hydrogen-bond acceptors (Lipinski definition) is 6. The highest BCUT2D eigenvalue weighted by atomic mass is 16.4. The molecule has 37 heavy (non-hydrogen) atoms. The van der Waals surface area contributed by atoms with Crippen LogP contribution in [0.1, 0.15) is 45.6 Å². The van der Waals surface area contributed by atoms with Gasteiger partial charge in [0.25, 0.3) is 0 Å². The number of nitrogens with one attached hydrogen (secondary N) is 4. The molecule has 0 aliphatic rings. The lowest BCUT2D eigenvalue weighted by Gasteiger charge is -2.25. The number of benzene rings is 1. The molecule has 1 aromatic heterocycles. The van der Waals surface area contributed by atoms with Crippen molar-refractivity contribution in [2.75, 3.05) is 0 Å². The zero-order valence-electron chi connectivity index (χ0n) is 21.1. The first-order chi connectivity index (χ1) is 17.4. The van der Waals surface area contributed by atoms with Gasteiger partial charge in [0, 0.05) is 23.5 Å². The summed E-state index contributed by atoms with van der Waals surface area (Å²) in [5, 5.41) is 26.7. The van der Waals surface area contributed by atoms with Gasteiger partial charge in [-0.15, -0.1) is 0 Å². The van der Waals surface area contributed by atoms with Crippen LogP contribution in [0.25, 0.3) is 10.9 Å². The molecule has 0 saturated heterocycles. The summed E-state index contributed by atoms with van der Waals surface area (Å²) in [6.07, 6.45) is 1.77. The molecule has 0 saturated carbocycles. The Hall–Kier alpha value is -3.93. The van der Waals surface area contributed by atoms with E-state index in [1.165, 1.54) is 6.92 Å². The Morgan fingerprint density at radius 2 is 1.65 bits per heavy atom. The molecule has 0 bridgehead atoms. The normalized spacial score (nSPS) is 15.1. The maximum absolute atomic E-state index is 12.8. The molecular formula is C25H35N5O7. The molecule has 3 amide bonds. The van der Waals surface area contributed by atoms with Gasteiger partial charge in [-0.1, -0.05) is 38.5 Å². The zero-order valence-corrected chi connectivity index (χ0v) is 21.1. The van der Waals surface area contributed by atoms with Crippen LogP contribution in [0.5, 0.6) is 0 Å². The Kier molecular flexibility index (Phi) is 10.6. The number of fused-ring (bicyclic) bond motifs is 1. The second kappa shape index (κ2) is 13.4. The predicted molar refractivity (Wildman–Crippen MR) is 135 cm³/mol. The van der Waals surface area contributed by atoms with Crippen molar-refractivity contribution in [1.29, 1.82) is 0 Å². The molecule has 0 radical (unpaired) electrons. The first-order valence-electron chi connectivity index (χ1n) is 12.1. The minimum atomic E-state index is -1.31. The standard InChI is InChI=1S/C25H35N5O7/c1-4-13(2)21(25(36)37)30-24(35)19(9-10-20(31)32)29-22(33)14(3)28-23(34)17(26)11-15-12-27-18-8-6-5-7-16(15)18/h5-8,12-14,17,19,21,27H,4,9-11,26H2,1-3H3,(H,28,34)(H,29,33)(H,30,35)(H,31,32)(H,36,37). The van der Waals surface area contributed by atoms with Crippen LogP contribution >= 0.6 is 0 Å². The van der Waals surface area contributed by atoms with E-state index in [1.54, 1.807) is 20.0 Å². The first kappa shape index (κ1) is 29.3. The van der Waals surface area contributed by atoms with E-state index in [1.807, 2.05) is 24.3 Å². The second-order valence-corrected chi connectivity index (χ2v) is 9.10. The van der Waals surface area contributed by atoms with Gasteiger partial charge in [0.05, 0.1) is 6.04 Å². The molecule has 0 aliphatic carbocycles. The summed E-state index contributed by atoms with van der Waals surface area (Å²) < 4.78 is 0. The molecule has 0 fully saturated rings. The number of para-hydroxylation sites is 1. The number of carbonyl (C=O) groups is 5. The largest absolute Gasteiger partial charge is 0.481 e. The average molecular weight is 518 g/mol. The van der Waals surface area contributed by atoms with Crippen molar-refractivity contribution < 1.29 is 34.2 Å². The molecule has 1 aromatic carbocycles. The number of carboxylic acids is 2. The molecule has 12 nitrogen and oxygen atoms in total. The maximum atomic E-state index is 12.8. The van der Waals surface area contributed by atoms with E-state index in [9.17, 15) is 29.1 Å². The van der Waals surface area contributed by atoms with Gasteiger partial charge < -0.3 is 36.9 Å². The van der Waals surface area contributed by atoms with E-state index < -0.39 is 66.2 Å². The van der Waals surface area contributed by atoms with E-state index in [0.29, 0.717) is 6.42 Å². The highest BCUT2D eigenvalue weighted by molar-refractivity contribution is 5.94. The number of aromatic amines is 1. The summed E-state index contributed by atoms with van der Waals surface area (Å²) in [7, 11) is 0. The van der Waals surface area contributed by atoms with Gasteiger partial charge in [-0.25, -0.2) is 4.79 Å². The Bertz CT molecular complexity index is 1130. The lowest BCUT2D eigenvalue weighted by molar-refractivity contribution is -0.144. The number of nitrogens with two attached hydrogens (primary N) is 1. The van der Waals surface area contributed by atoms with Crippen LogP contribution in [0, 0.1) is 5.92 Å². The number of amides is 3. The van der Waals surface area contributed by atoms with E-state index in [-0.39, 0.29) is 12.8 Å². The molecule has 5 unspecified atom stereocenters. The summed E-state index contributed by atoms with van der Waals surface area (Å²) in [5.41, 5.74) is 7.81. The summed E-state index contributed by atoms with van der Waals surface area (Å²) in [5.74, 6) is -4.97. The smallest absolute Gasteiger partial charge is 0.326 e. The Morgan fingerprint density at radius 1 is 0.973 bits per heavy atom. The lowest BCUT2D eigenvalue weighted by atomic mass is 9.98. The summed E-state index contributed by atoms with van der Waals surface area (Å²) in [6, 6.07) is 2.99. The molecule has 1 heterocycles. The first-order valence-corrected chi connectivity index (χ1v) is 12.1. The molecule has 2 aromatic rings. The number of carboxylic acid groups (broad SMARTS) is 2. The van der Waals surface area contributed by atoms with Crippen LogP contribution in [0.3, 0.4) is 0 Å². The van der Waals surface area contributed by atoms with Crippen molar-refractivity contribution in [1.82, 2.24) is 20.9 Å². The Morgan fingerprint density at radius 3 is 2.27 bits per heavy atom. The summed E-state index contributed by atoms with van der Waals surface area (Å²) >= 11 is 0. The SMILES string of the molecule is CCC(C)C(NC(=O)C(CCC(=O)O)NC(=O)C(C)NC(=O)C(N)Cc1c[nH]c2ccccc12)C(=O)O. The Labute approximate surface area is 214 Å². The average Bonchev–Trinajstić information content (AvgIpc) is 3.26. The molecule has 5 atom stereocenters. The van der Waals surface area contributed by atoms with Gasteiger partial charge >= 0.3 is 11.9 Å². The number of aromatic nitrogens is 1. The molecule has 12 heteroatoms. The fourth-order valence-corrected chi connectivity index (χ4v) is 3.79. The number of H-pyrrole nitrogens is 1. The molecule has 202 valence electrons. The quantitative estimate of drug-likeness (QED) is 0.188. The van der Waals surface area contributed by atoms with Gasteiger partial charge in [0.15, 0.2) is 0 Å². The van der Waals surface area contributed by atoms with Crippen molar-refractivity contribution >= 4 is 40.6 Å². The number of carbonyl (C=O) groups excluding carboxylic acids is 3. The third kappa shape index (κ3) is 8.31. The Balaban J connectivity index is 2.02. The van der Waals surface area contributed by atoms with Crippen LogP contribution in [0.2, 0.25) is 0 Å². The van der Waals surface area contributed by atoms with Crippen LogP contribution in [-0.4, -0.2) is 69.0 Å². The van der Waals surface area contributed by atoms with Crippen LogP contribution in [0.4, 0.5) is 0 Å². The van der Waals surface area contributed by atoms with Crippen molar-refractivity contribution in [3.63, 3.8) is 0 Å². The van der Waals surface area contributed by atoms with Gasteiger partial charge in [0.1, 0.15) is 18.1 Å².